The predicted molar refractivity (Wildman–Crippen MR) is 103 cm³/mol. The van der Waals surface area contributed by atoms with E-state index >= 15 is 0 Å². The minimum atomic E-state index is -1.64. The Bertz CT molecular complexity index is 654. The lowest BCUT2D eigenvalue weighted by Crippen LogP contribution is -2.53. The van der Waals surface area contributed by atoms with E-state index < -0.39 is 19.0 Å². The fourth-order valence-electron chi connectivity index (χ4n) is 3.28. The van der Waals surface area contributed by atoms with Gasteiger partial charge < -0.3 is 20.3 Å². The van der Waals surface area contributed by atoms with E-state index in [9.17, 15) is 24.0 Å². The van der Waals surface area contributed by atoms with E-state index in [1.54, 1.807) is 19.1 Å². The Morgan fingerprint density at radius 1 is 1.26 bits per heavy atom. The van der Waals surface area contributed by atoms with Crippen molar-refractivity contribution in [2.24, 2.45) is 11.8 Å². The van der Waals surface area contributed by atoms with Crippen molar-refractivity contribution in [2.45, 2.75) is 52.0 Å². The van der Waals surface area contributed by atoms with Gasteiger partial charge in [0.2, 0.25) is 5.91 Å². The molecular weight excluding hydrogens is 350 g/mol. The Morgan fingerprint density at radius 2 is 1.89 bits per heavy atom. The summed E-state index contributed by atoms with van der Waals surface area (Å²) in [6.45, 7) is 6.23. The number of halogens is 1. The Labute approximate surface area is 159 Å². The van der Waals surface area contributed by atoms with E-state index in [0.29, 0.717) is 12.8 Å². The quantitative estimate of drug-likeness (QED) is 0.568. The summed E-state index contributed by atoms with van der Waals surface area (Å²) in [5.41, 5.74) is 0.790. The maximum absolute atomic E-state index is 13.1. The number of benzene rings is 1. The SMILES string of the molecule is CC(C)C[C@@H](NC(=O)[C@H](C)CC(=O)[C@@H]1CCN1c1ccc(F)cc1)B(O)O. The Kier molecular flexibility index (Phi) is 7.38. The first kappa shape index (κ1) is 21.4. The summed E-state index contributed by atoms with van der Waals surface area (Å²) in [6.07, 6.45) is 1.21. The summed E-state index contributed by atoms with van der Waals surface area (Å²) in [6, 6.07) is 5.70. The number of hydrogen-bond donors (Lipinski definition) is 3. The van der Waals surface area contributed by atoms with Gasteiger partial charge in [0.15, 0.2) is 5.78 Å². The summed E-state index contributed by atoms with van der Waals surface area (Å²) in [5.74, 6) is -1.87. The van der Waals surface area contributed by atoms with E-state index in [2.05, 4.69) is 5.32 Å². The number of carbonyl (C=O) groups is 2. The van der Waals surface area contributed by atoms with E-state index in [4.69, 9.17) is 0 Å². The zero-order valence-electron chi connectivity index (χ0n) is 16.1. The number of rotatable bonds is 9. The van der Waals surface area contributed by atoms with Crippen LogP contribution in [0.5, 0.6) is 0 Å². The summed E-state index contributed by atoms with van der Waals surface area (Å²) in [7, 11) is -1.64. The molecule has 0 bridgehead atoms. The van der Waals surface area contributed by atoms with Gasteiger partial charge in [0.1, 0.15) is 5.82 Å². The maximum Gasteiger partial charge on any atom is 0.475 e. The van der Waals surface area contributed by atoms with Crippen LogP contribution < -0.4 is 10.2 Å². The molecule has 0 aliphatic carbocycles. The summed E-state index contributed by atoms with van der Waals surface area (Å²) in [4.78, 5) is 26.9. The van der Waals surface area contributed by atoms with Gasteiger partial charge in [0.05, 0.1) is 12.0 Å². The van der Waals surface area contributed by atoms with Crippen LogP contribution >= 0.6 is 0 Å². The molecule has 1 fully saturated rings. The third-order valence-electron chi connectivity index (χ3n) is 4.92. The Balaban J connectivity index is 1.90. The highest BCUT2D eigenvalue weighted by Crippen LogP contribution is 2.28. The Hall–Kier alpha value is -1.93. The number of Topliss-reactive ketones (excluding diaryl/α,β-unsaturated/α-hetero) is 1. The molecule has 1 heterocycles. The van der Waals surface area contributed by atoms with Gasteiger partial charge in [-0.05, 0) is 43.0 Å². The molecule has 0 radical (unpaired) electrons. The van der Waals surface area contributed by atoms with Gasteiger partial charge >= 0.3 is 7.12 Å². The molecule has 0 aromatic heterocycles. The van der Waals surface area contributed by atoms with Gasteiger partial charge in [-0.3, -0.25) is 9.59 Å². The number of hydrogen-bond acceptors (Lipinski definition) is 5. The monoisotopic (exact) mass is 378 g/mol. The normalized spacial score (nSPS) is 18.6. The summed E-state index contributed by atoms with van der Waals surface area (Å²) >= 11 is 0. The van der Waals surface area contributed by atoms with Gasteiger partial charge in [-0.1, -0.05) is 20.8 Å². The lowest BCUT2D eigenvalue weighted by atomic mass is 9.74. The topological polar surface area (TPSA) is 89.9 Å². The standard InChI is InChI=1S/C19H28BFN2O4/c1-12(2)10-18(20(26)27)22-19(25)13(3)11-17(24)16-8-9-23(16)15-6-4-14(21)5-7-15/h4-7,12-13,16,18,26-27H,8-11H2,1-3H3,(H,22,25)/t13-,16+,18-/m1/s1. The number of carbonyl (C=O) groups excluding carboxylic acids is 2. The highest BCUT2D eigenvalue weighted by atomic mass is 19.1. The number of ketones is 1. The second-order valence-corrected chi connectivity index (χ2v) is 7.70. The lowest BCUT2D eigenvalue weighted by molar-refractivity contribution is -0.130. The molecule has 148 valence electrons. The van der Waals surface area contributed by atoms with Gasteiger partial charge in [-0.2, -0.15) is 0 Å². The van der Waals surface area contributed by atoms with E-state index in [-0.39, 0.29) is 35.9 Å². The Morgan fingerprint density at radius 3 is 2.37 bits per heavy atom. The average molecular weight is 378 g/mol. The van der Waals surface area contributed by atoms with Crippen LogP contribution in [0.15, 0.2) is 24.3 Å². The highest BCUT2D eigenvalue weighted by Gasteiger charge is 2.36. The average Bonchev–Trinajstić information content (AvgIpc) is 2.54. The molecule has 1 aromatic carbocycles. The molecule has 8 heteroatoms. The van der Waals surface area contributed by atoms with Crippen LogP contribution in [0.2, 0.25) is 0 Å². The zero-order valence-corrected chi connectivity index (χ0v) is 16.1. The fraction of sp³-hybridized carbons (Fsp3) is 0.579. The van der Waals surface area contributed by atoms with Crippen molar-refractivity contribution < 1.29 is 24.0 Å². The van der Waals surface area contributed by atoms with Crippen molar-refractivity contribution in [1.29, 1.82) is 0 Å². The minimum absolute atomic E-state index is 0.0434. The maximum atomic E-state index is 13.1. The number of nitrogens with one attached hydrogen (secondary N) is 1. The third kappa shape index (κ3) is 5.77. The molecule has 6 nitrogen and oxygen atoms in total. The number of amides is 1. The molecule has 1 saturated heterocycles. The van der Waals surface area contributed by atoms with Crippen molar-refractivity contribution in [3.63, 3.8) is 0 Å². The van der Waals surface area contributed by atoms with Crippen LogP contribution in [0, 0.1) is 17.7 Å². The zero-order chi connectivity index (χ0) is 20.1. The van der Waals surface area contributed by atoms with Gasteiger partial charge in [-0.25, -0.2) is 4.39 Å². The first-order valence-electron chi connectivity index (χ1n) is 9.40. The summed E-state index contributed by atoms with van der Waals surface area (Å²) in [5, 5.41) is 21.5. The molecule has 1 amide bonds. The smallest absolute Gasteiger partial charge is 0.426 e. The lowest BCUT2D eigenvalue weighted by Gasteiger charge is -2.42. The molecule has 1 aliphatic heterocycles. The predicted octanol–water partition coefficient (Wildman–Crippen LogP) is 1.54. The molecule has 3 N–H and O–H groups in total. The number of anilines is 1. The molecule has 0 spiro atoms. The van der Waals surface area contributed by atoms with Crippen LogP contribution in [-0.4, -0.2) is 47.4 Å². The number of nitrogens with zero attached hydrogens (tertiary/aromatic N) is 1. The van der Waals surface area contributed by atoms with E-state index in [1.807, 2.05) is 18.7 Å². The summed E-state index contributed by atoms with van der Waals surface area (Å²) < 4.78 is 13.1. The molecule has 0 unspecified atom stereocenters. The van der Waals surface area contributed by atoms with Crippen LogP contribution in [0.3, 0.4) is 0 Å². The fourth-order valence-corrected chi connectivity index (χ4v) is 3.28. The molecular formula is C19H28BFN2O4. The van der Waals surface area contributed by atoms with Crippen LogP contribution in [0.4, 0.5) is 10.1 Å². The molecule has 3 atom stereocenters. The van der Waals surface area contributed by atoms with Gasteiger partial charge in [0, 0.05) is 24.6 Å². The molecule has 27 heavy (non-hydrogen) atoms. The first-order valence-corrected chi connectivity index (χ1v) is 9.40. The molecule has 1 aliphatic rings. The van der Waals surface area contributed by atoms with Crippen molar-refractivity contribution in [2.75, 3.05) is 11.4 Å². The second kappa shape index (κ2) is 9.33. The molecule has 1 aromatic rings. The van der Waals surface area contributed by atoms with Crippen LogP contribution in [0.25, 0.3) is 0 Å². The second-order valence-electron chi connectivity index (χ2n) is 7.70. The van der Waals surface area contributed by atoms with Crippen molar-refractivity contribution >= 4 is 24.5 Å². The van der Waals surface area contributed by atoms with E-state index in [0.717, 1.165) is 12.2 Å². The van der Waals surface area contributed by atoms with Crippen molar-refractivity contribution in [3.05, 3.63) is 30.1 Å². The highest BCUT2D eigenvalue weighted by molar-refractivity contribution is 6.43. The van der Waals surface area contributed by atoms with Crippen molar-refractivity contribution in [3.8, 4) is 0 Å². The van der Waals surface area contributed by atoms with Gasteiger partial charge in [0.25, 0.3) is 0 Å². The largest absolute Gasteiger partial charge is 0.475 e. The van der Waals surface area contributed by atoms with Gasteiger partial charge in [-0.15, -0.1) is 0 Å². The van der Waals surface area contributed by atoms with Crippen LogP contribution in [0.1, 0.15) is 40.0 Å². The van der Waals surface area contributed by atoms with Crippen molar-refractivity contribution in [1.82, 2.24) is 5.32 Å². The van der Waals surface area contributed by atoms with E-state index in [1.165, 1.54) is 12.1 Å². The first-order chi connectivity index (χ1) is 12.7. The van der Waals surface area contributed by atoms with Crippen LogP contribution in [-0.2, 0) is 9.59 Å². The molecule has 0 saturated carbocycles. The third-order valence-corrected chi connectivity index (χ3v) is 4.92. The minimum Gasteiger partial charge on any atom is -0.426 e. The molecule has 2 rings (SSSR count).